The predicted molar refractivity (Wildman–Crippen MR) is 79.8 cm³/mol. The smallest absolute Gasteiger partial charge is 0.303 e. The van der Waals surface area contributed by atoms with Crippen molar-refractivity contribution in [3.63, 3.8) is 0 Å². The number of carboxylic acid groups (broad SMARTS) is 1. The fraction of sp³-hybridized carbons (Fsp3) is 0.500. The van der Waals surface area contributed by atoms with Crippen LogP contribution in [0, 0.1) is 0 Å². The number of nitrogens with two attached hydrogens (primary N) is 1. The largest absolute Gasteiger partial charge is 0.481 e. The number of likely N-dealkylation sites (tertiary alicyclic amines) is 1. The minimum Gasteiger partial charge on any atom is -0.481 e. The number of nitrogens with zero attached hydrogens (tertiary/aromatic N) is 1. The average molecular weight is 290 g/mol. The summed E-state index contributed by atoms with van der Waals surface area (Å²) in [5, 5.41) is 8.63. The molecule has 0 saturated carbocycles. The average Bonchev–Trinajstić information content (AvgIpc) is 2.53. The molecule has 1 atom stereocenters. The van der Waals surface area contributed by atoms with Crippen LogP contribution in [0.3, 0.4) is 0 Å². The van der Waals surface area contributed by atoms with Gasteiger partial charge >= 0.3 is 5.97 Å². The van der Waals surface area contributed by atoms with Gasteiger partial charge in [0.25, 0.3) is 0 Å². The van der Waals surface area contributed by atoms with Crippen LogP contribution in [0.4, 0.5) is 0 Å². The molecule has 0 aliphatic carbocycles. The molecule has 1 saturated heterocycles. The van der Waals surface area contributed by atoms with Crippen LogP contribution < -0.4 is 5.73 Å². The first-order chi connectivity index (χ1) is 10.1. The van der Waals surface area contributed by atoms with Crippen molar-refractivity contribution in [3.05, 3.63) is 35.9 Å². The third-order valence-corrected chi connectivity index (χ3v) is 4.06. The Kier molecular flexibility index (Phi) is 5.33. The monoisotopic (exact) mass is 290 g/mol. The molecule has 114 valence electrons. The highest BCUT2D eigenvalue weighted by atomic mass is 16.4. The molecule has 1 fully saturated rings. The number of hydrogen-bond donors (Lipinski definition) is 2. The molecule has 0 radical (unpaired) electrons. The van der Waals surface area contributed by atoms with E-state index in [1.54, 1.807) is 4.90 Å². The van der Waals surface area contributed by atoms with Gasteiger partial charge in [-0.2, -0.15) is 0 Å². The van der Waals surface area contributed by atoms with Crippen LogP contribution >= 0.6 is 0 Å². The van der Waals surface area contributed by atoms with Crippen molar-refractivity contribution in [3.8, 4) is 0 Å². The van der Waals surface area contributed by atoms with E-state index in [-0.39, 0.29) is 18.7 Å². The lowest BCUT2D eigenvalue weighted by Gasteiger charge is -2.33. The Morgan fingerprint density at radius 1 is 1.24 bits per heavy atom. The third-order valence-electron chi connectivity index (χ3n) is 4.06. The van der Waals surface area contributed by atoms with Gasteiger partial charge in [-0.1, -0.05) is 30.3 Å². The normalized spacial score (nSPS) is 17.5. The topological polar surface area (TPSA) is 83.6 Å². The highest BCUT2D eigenvalue weighted by molar-refractivity contribution is 5.82. The zero-order valence-electron chi connectivity index (χ0n) is 12.1. The Morgan fingerprint density at radius 2 is 1.86 bits per heavy atom. The number of hydrogen-bond acceptors (Lipinski definition) is 3. The van der Waals surface area contributed by atoms with Gasteiger partial charge in [-0.3, -0.25) is 9.59 Å². The molecular weight excluding hydrogens is 268 g/mol. The van der Waals surface area contributed by atoms with Gasteiger partial charge in [-0.15, -0.1) is 0 Å². The molecular formula is C16H22N2O3. The fourth-order valence-electron chi connectivity index (χ4n) is 2.80. The number of rotatable bonds is 5. The molecule has 0 aromatic heterocycles. The van der Waals surface area contributed by atoms with Crippen LogP contribution in [0.1, 0.15) is 37.2 Å². The summed E-state index contributed by atoms with van der Waals surface area (Å²) in [6, 6.07) is 9.63. The quantitative estimate of drug-likeness (QED) is 0.862. The molecule has 2 rings (SSSR count). The number of piperidine rings is 1. The summed E-state index contributed by atoms with van der Waals surface area (Å²) in [5.41, 5.74) is 7.11. The van der Waals surface area contributed by atoms with Crippen molar-refractivity contribution in [2.75, 3.05) is 13.1 Å². The van der Waals surface area contributed by atoms with Crippen molar-refractivity contribution in [1.82, 2.24) is 4.90 Å². The summed E-state index contributed by atoms with van der Waals surface area (Å²) in [4.78, 5) is 24.5. The number of benzene rings is 1. The van der Waals surface area contributed by atoms with Crippen LogP contribution in [0.5, 0.6) is 0 Å². The van der Waals surface area contributed by atoms with Gasteiger partial charge < -0.3 is 15.7 Å². The summed E-state index contributed by atoms with van der Waals surface area (Å²) in [5.74, 6) is -0.547. The van der Waals surface area contributed by atoms with Gasteiger partial charge in [0.1, 0.15) is 0 Å². The second kappa shape index (κ2) is 7.22. The van der Waals surface area contributed by atoms with Crippen molar-refractivity contribution in [2.24, 2.45) is 5.73 Å². The molecule has 1 aromatic carbocycles. The van der Waals surface area contributed by atoms with Gasteiger partial charge in [0.05, 0.1) is 6.04 Å². The molecule has 5 nitrogen and oxygen atoms in total. The minimum atomic E-state index is -0.916. The van der Waals surface area contributed by atoms with Crippen LogP contribution in [0.15, 0.2) is 30.3 Å². The molecule has 1 heterocycles. The Hall–Kier alpha value is -1.88. The molecule has 1 aromatic rings. The van der Waals surface area contributed by atoms with E-state index in [0.717, 1.165) is 12.8 Å². The molecule has 0 bridgehead atoms. The summed E-state index contributed by atoms with van der Waals surface area (Å²) < 4.78 is 0. The second-order valence-electron chi connectivity index (χ2n) is 5.55. The van der Waals surface area contributed by atoms with Gasteiger partial charge in [0, 0.05) is 19.5 Å². The number of carboxylic acids is 1. The Morgan fingerprint density at radius 3 is 2.43 bits per heavy atom. The summed E-state index contributed by atoms with van der Waals surface area (Å²) in [6.07, 6.45) is 2.00. The number of aliphatic carboxylic acids is 1. The Balaban J connectivity index is 1.83. The molecule has 1 unspecified atom stereocenters. The van der Waals surface area contributed by atoms with Gasteiger partial charge in [-0.25, -0.2) is 0 Å². The lowest BCUT2D eigenvalue weighted by molar-refractivity contribution is -0.137. The van der Waals surface area contributed by atoms with Crippen LogP contribution in [0.2, 0.25) is 0 Å². The number of carbonyl (C=O) groups is 2. The van der Waals surface area contributed by atoms with E-state index in [1.807, 2.05) is 18.2 Å². The highest BCUT2D eigenvalue weighted by Gasteiger charge is 2.27. The van der Waals surface area contributed by atoms with Crippen molar-refractivity contribution < 1.29 is 14.7 Å². The minimum absolute atomic E-state index is 0.0621. The highest BCUT2D eigenvalue weighted by Crippen LogP contribution is 2.27. The number of amides is 1. The maximum atomic E-state index is 12.2. The summed E-state index contributed by atoms with van der Waals surface area (Å²) in [7, 11) is 0. The third kappa shape index (κ3) is 4.29. The van der Waals surface area contributed by atoms with Crippen LogP contribution in [-0.2, 0) is 9.59 Å². The van der Waals surface area contributed by atoms with E-state index in [0.29, 0.717) is 19.0 Å². The standard InChI is InChI=1S/C16H22N2O3/c17-14(6-7-15(19)20)16(21)18-10-8-13(9-11-18)12-4-2-1-3-5-12/h1-5,13-14H,6-11,17H2,(H,19,20). The van der Waals surface area contributed by atoms with E-state index in [1.165, 1.54) is 5.56 Å². The van der Waals surface area contributed by atoms with Crippen LogP contribution in [0.25, 0.3) is 0 Å². The van der Waals surface area contributed by atoms with Gasteiger partial charge in [0.15, 0.2) is 0 Å². The van der Waals surface area contributed by atoms with E-state index >= 15 is 0 Å². The zero-order chi connectivity index (χ0) is 15.2. The molecule has 0 spiro atoms. The number of carbonyl (C=O) groups excluding carboxylic acids is 1. The lowest BCUT2D eigenvalue weighted by Crippen LogP contribution is -2.47. The van der Waals surface area contributed by atoms with Crippen molar-refractivity contribution >= 4 is 11.9 Å². The molecule has 1 aliphatic rings. The van der Waals surface area contributed by atoms with Gasteiger partial charge in [0.2, 0.25) is 5.91 Å². The van der Waals surface area contributed by atoms with E-state index in [4.69, 9.17) is 10.8 Å². The fourth-order valence-corrected chi connectivity index (χ4v) is 2.80. The molecule has 5 heteroatoms. The van der Waals surface area contributed by atoms with Crippen molar-refractivity contribution in [2.45, 2.75) is 37.6 Å². The first-order valence-electron chi connectivity index (χ1n) is 7.39. The first kappa shape index (κ1) is 15.5. The predicted octanol–water partition coefficient (Wildman–Crippen LogP) is 1.58. The van der Waals surface area contributed by atoms with E-state index < -0.39 is 12.0 Å². The molecule has 21 heavy (non-hydrogen) atoms. The second-order valence-corrected chi connectivity index (χ2v) is 5.55. The summed E-state index contributed by atoms with van der Waals surface area (Å²) in [6.45, 7) is 1.39. The maximum Gasteiger partial charge on any atom is 0.303 e. The van der Waals surface area contributed by atoms with E-state index in [9.17, 15) is 9.59 Å². The molecule has 1 aliphatic heterocycles. The molecule has 1 amide bonds. The first-order valence-corrected chi connectivity index (χ1v) is 7.39. The SMILES string of the molecule is NC(CCC(=O)O)C(=O)N1CCC(c2ccccc2)CC1. The summed E-state index contributed by atoms with van der Waals surface area (Å²) >= 11 is 0. The van der Waals surface area contributed by atoms with E-state index in [2.05, 4.69) is 12.1 Å². The van der Waals surface area contributed by atoms with Gasteiger partial charge in [-0.05, 0) is 30.7 Å². The Labute approximate surface area is 124 Å². The Bertz CT molecular complexity index is 482. The zero-order valence-corrected chi connectivity index (χ0v) is 12.1. The maximum absolute atomic E-state index is 12.2. The lowest BCUT2D eigenvalue weighted by atomic mass is 9.89. The van der Waals surface area contributed by atoms with Crippen LogP contribution in [-0.4, -0.2) is 41.0 Å². The molecule has 3 N–H and O–H groups in total. The van der Waals surface area contributed by atoms with Crippen molar-refractivity contribution in [1.29, 1.82) is 0 Å².